The summed E-state index contributed by atoms with van der Waals surface area (Å²) in [5.41, 5.74) is 2.22. The molecule has 7 heteroatoms. The third-order valence-electron chi connectivity index (χ3n) is 4.73. The highest BCUT2D eigenvalue weighted by Gasteiger charge is 2.23. The van der Waals surface area contributed by atoms with Crippen molar-refractivity contribution >= 4 is 15.9 Å². The Labute approximate surface area is 173 Å². The second-order valence-corrected chi connectivity index (χ2v) is 9.83. The number of hydrogen-bond donors (Lipinski definition) is 2. The molecule has 6 nitrogen and oxygen atoms in total. The van der Waals surface area contributed by atoms with Crippen molar-refractivity contribution in [1.29, 1.82) is 0 Å². The molecule has 0 spiro atoms. The molecule has 2 atom stereocenters. The van der Waals surface area contributed by atoms with Crippen LogP contribution in [-0.4, -0.2) is 27.5 Å². The lowest BCUT2D eigenvalue weighted by atomic mass is 9.86. The minimum Gasteiger partial charge on any atom is -0.497 e. The van der Waals surface area contributed by atoms with Gasteiger partial charge in [0.2, 0.25) is 15.9 Å². The average molecular weight is 419 g/mol. The zero-order chi connectivity index (χ0) is 21.8. The van der Waals surface area contributed by atoms with Crippen molar-refractivity contribution in [2.24, 2.45) is 0 Å². The minimum atomic E-state index is -3.82. The first kappa shape index (κ1) is 22.9. The Morgan fingerprint density at radius 1 is 0.966 bits per heavy atom. The molecule has 0 aliphatic rings. The molecule has 0 saturated heterocycles. The fourth-order valence-electron chi connectivity index (χ4n) is 2.80. The number of ether oxygens (including phenoxy) is 1. The topological polar surface area (TPSA) is 84.5 Å². The number of rotatable bonds is 7. The standard InChI is InChI=1S/C22H30N2O4S/c1-15(17-7-9-18(10-8-17)22(3,4)5)23-21(25)16(2)24-29(26,27)20-13-11-19(28-6)12-14-20/h7-16,24H,1-6H3,(H,23,25)/t15?,16-/m0/s1. The second-order valence-electron chi connectivity index (χ2n) is 8.12. The molecule has 2 aromatic carbocycles. The summed E-state index contributed by atoms with van der Waals surface area (Å²) in [6.07, 6.45) is 0. The SMILES string of the molecule is COc1ccc(S(=O)(=O)N[C@@H](C)C(=O)NC(C)c2ccc(C(C)(C)C)cc2)cc1. The summed E-state index contributed by atoms with van der Waals surface area (Å²) in [5.74, 6) is 0.163. The molecular formula is C22H30N2O4S. The van der Waals surface area contributed by atoms with Gasteiger partial charge in [-0.15, -0.1) is 0 Å². The summed E-state index contributed by atoms with van der Waals surface area (Å²) in [7, 11) is -2.31. The lowest BCUT2D eigenvalue weighted by Crippen LogP contribution is -2.45. The van der Waals surface area contributed by atoms with Crippen LogP contribution < -0.4 is 14.8 Å². The smallest absolute Gasteiger partial charge is 0.241 e. The zero-order valence-corrected chi connectivity index (χ0v) is 18.6. The van der Waals surface area contributed by atoms with Gasteiger partial charge >= 0.3 is 0 Å². The molecular weight excluding hydrogens is 388 g/mol. The molecule has 0 aromatic heterocycles. The van der Waals surface area contributed by atoms with Crippen LogP contribution in [0.5, 0.6) is 5.75 Å². The van der Waals surface area contributed by atoms with Crippen LogP contribution in [0.4, 0.5) is 0 Å². The Morgan fingerprint density at radius 2 is 1.52 bits per heavy atom. The maximum Gasteiger partial charge on any atom is 0.241 e. The minimum absolute atomic E-state index is 0.0548. The van der Waals surface area contributed by atoms with Crippen molar-refractivity contribution in [3.63, 3.8) is 0 Å². The molecule has 1 amide bonds. The van der Waals surface area contributed by atoms with Gasteiger partial charge in [-0.05, 0) is 54.7 Å². The van der Waals surface area contributed by atoms with Crippen molar-refractivity contribution in [2.45, 2.75) is 57.0 Å². The van der Waals surface area contributed by atoms with Crippen molar-refractivity contribution < 1.29 is 17.9 Å². The highest BCUT2D eigenvalue weighted by molar-refractivity contribution is 7.89. The van der Waals surface area contributed by atoms with Gasteiger partial charge in [-0.1, -0.05) is 45.0 Å². The average Bonchev–Trinajstić information content (AvgIpc) is 2.67. The van der Waals surface area contributed by atoms with Crippen molar-refractivity contribution in [3.05, 3.63) is 59.7 Å². The summed E-state index contributed by atoms with van der Waals surface area (Å²) in [6, 6.07) is 12.9. The summed E-state index contributed by atoms with van der Waals surface area (Å²) in [5, 5.41) is 2.86. The number of methoxy groups -OCH3 is 1. The monoisotopic (exact) mass is 418 g/mol. The van der Waals surface area contributed by atoms with Gasteiger partial charge in [-0.2, -0.15) is 4.72 Å². The van der Waals surface area contributed by atoms with E-state index in [9.17, 15) is 13.2 Å². The number of benzene rings is 2. The Kier molecular flexibility index (Phi) is 7.08. The maximum absolute atomic E-state index is 12.5. The van der Waals surface area contributed by atoms with E-state index in [2.05, 4.69) is 30.8 Å². The van der Waals surface area contributed by atoms with Crippen LogP contribution in [0.25, 0.3) is 0 Å². The largest absolute Gasteiger partial charge is 0.497 e. The molecule has 0 aliphatic carbocycles. The van der Waals surface area contributed by atoms with Crippen LogP contribution in [-0.2, 0) is 20.2 Å². The van der Waals surface area contributed by atoms with Crippen LogP contribution in [0.3, 0.4) is 0 Å². The normalized spacial score (nSPS) is 14.1. The predicted octanol–water partition coefficient (Wildman–Crippen LogP) is 3.54. The van der Waals surface area contributed by atoms with Crippen molar-refractivity contribution in [2.75, 3.05) is 7.11 Å². The van der Waals surface area contributed by atoms with Gasteiger partial charge in [0.15, 0.2) is 0 Å². The molecule has 0 bridgehead atoms. The van der Waals surface area contributed by atoms with E-state index < -0.39 is 22.0 Å². The van der Waals surface area contributed by atoms with Crippen LogP contribution in [0, 0.1) is 0 Å². The Morgan fingerprint density at radius 3 is 2.00 bits per heavy atom. The summed E-state index contributed by atoms with van der Waals surface area (Å²) in [6.45, 7) is 9.82. The first-order valence-electron chi connectivity index (χ1n) is 9.51. The number of sulfonamides is 1. The second kappa shape index (κ2) is 8.97. The van der Waals surface area contributed by atoms with Gasteiger partial charge in [0.05, 0.1) is 24.1 Å². The molecule has 29 heavy (non-hydrogen) atoms. The van der Waals surface area contributed by atoms with E-state index in [1.54, 1.807) is 12.1 Å². The first-order valence-corrected chi connectivity index (χ1v) is 11.0. The molecule has 0 saturated carbocycles. The molecule has 0 radical (unpaired) electrons. The van der Waals surface area contributed by atoms with Gasteiger partial charge in [0.1, 0.15) is 5.75 Å². The van der Waals surface area contributed by atoms with E-state index in [-0.39, 0.29) is 16.4 Å². The Bertz CT molecular complexity index is 930. The van der Waals surface area contributed by atoms with Crippen LogP contribution in [0.1, 0.15) is 51.8 Å². The quantitative estimate of drug-likeness (QED) is 0.720. The van der Waals surface area contributed by atoms with Gasteiger partial charge < -0.3 is 10.1 Å². The van der Waals surface area contributed by atoms with Crippen LogP contribution >= 0.6 is 0 Å². The van der Waals surface area contributed by atoms with E-state index in [1.807, 2.05) is 31.2 Å². The fourth-order valence-corrected chi connectivity index (χ4v) is 4.01. The van der Waals surface area contributed by atoms with E-state index in [0.29, 0.717) is 5.75 Å². The van der Waals surface area contributed by atoms with Crippen LogP contribution in [0.15, 0.2) is 53.4 Å². The maximum atomic E-state index is 12.5. The summed E-state index contributed by atoms with van der Waals surface area (Å²) in [4.78, 5) is 12.6. The highest BCUT2D eigenvalue weighted by atomic mass is 32.2. The lowest BCUT2D eigenvalue weighted by molar-refractivity contribution is -0.123. The fraction of sp³-hybridized carbons (Fsp3) is 0.409. The van der Waals surface area contributed by atoms with E-state index >= 15 is 0 Å². The van der Waals surface area contributed by atoms with E-state index in [4.69, 9.17) is 4.74 Å². The third kappa shape index (κ3) is 6.05. The summed E-state index contributed by atoms with van der Waals surface area (Å²) < 4.78 is 32.5. The lowest BCUT2D eigenvalue weighted by Gasteiger charge is -2.22. The highest BCUT2D eigenvalue weighted by Crippen LogP contribution is 2.24. The molecule has 158 valence electrons. The number of hydrogen-bond acceptors (Lipinski definition) is 4. The van der Waals surface area contributed by atoms with Crippen molar-refractivity contribution in [1.82, 2.24) is 10.0 Å². The van der Waals surface area contributed by atoms with Gasteiger partial charge in [0, 0.05) is 0 Å². The zero-order valence-electron chi connectivity index (χ0n) is 17.8. The van der Waals surface area contributed by atoms with Gasteiger partial charge in [-0.3, -0.25) is 4.79 Å². The molecule has 0 aliphatic heterocycles. The third-order valence-corrected chi connectivity index (χ3v) is 6.29. The molecule has 2 rings (SSSR count). The predicted molar refractivity (Wildman–Crippen MR) is 114 cm³/mol. The van der Waals surface area contributed by atoms with Crippen molar-refractivity contribution in [3.8, 4) is 5.75 Å². The van der Waals surface area contributed by atoms with E-state index in [1.165, 1.54) is 31.7 Å². The summed E-state index contributed by atoms with van der Waals surface area (Å²) >= 11 is 0. The molecule has 2 aromatic rings. The number of amides is 1. The Hall–Kier alpha value is -2.38. The van der Waals surface area contributed by atoms with E-state index in [0.717, 1.165) is 5.56 Å². The van der Waals surface area contributed by atoms with Gasteiger partial charge in [0.25, 0.3) is 0 Å². The van der Waals surface area contributed by atoms with Crippen LogP contribution in [0.2, 0.25) is 0 Å². The number of nitrogens with one attached hydrogen (secondary N) is 2. The molecule has 2 N–H and O–H groups in total. The molecule has 1 unspecified atom stereocenters. The van der Waals surface area contributed by atoms with Gasteiger partial charge in [-0.25, -0.2) is 8.42 Å². The number of carbonyl (C=O) groups excluding carboxylic acids is 1. The molecule has 0 heterocycles. The number of carbonyl (C=O) groups is 1. The molecule has 0 fully saturated rings. The Balaban J connectivity index is 2.02. The first-order chi connectivity index (χ1) is 13.4.